The highest BCUT2D eigenvalue weighted by molar-refractivity contribution is 6.37. The first-order chi connectivity index (χ1) is 9.75. The third-order valence-electron chi connectivity index (χ3n) is 4.33. The molecule has 0 bridgehead atoms. The number of carbonyl (C=O) groups is 1. The van der Waals surface area contributed by atoms with Gasteiger partial charge in [0, 0.05) is 11.3 Å². The molecular weight excluding hydrogens is 246 g/mol. The van der Waals surface area contributed by atoms with Crippen LogP contribution < -0.4 is 5.32 Å². The molecule has 1 N–H and O–H groups in total. The quantitative estimate of drug-likeness (QED) is 0.718. The molecule has 0 radical (unpaired) electrons. The highest BCUT2D eigenvalue weighted by Crippen LogP contribution is 2.43. The normalized spacial score (nSPS) is 19.8. The maximum absolute atomic E-state index is 12.3. The number of carbonyl (C=O) groups excluding carboxylic acids is 1. The molecule has 2 nitrogen and oxygen atoms in total. The van der Waals surface area contributed by atoms with Crippen molar-refractivity contribution in [2.45, 2.75) is 19.8 Å². The standard InChI is InChI=1S/C18H15NO/c1-11-5-4-7-13-12(11)9-10-14(13)17-15-6-2-3-8-16(15)19-18(17)20/h2-8H,9-10H2,1H3,(H,19,20). The molecule has 0 atom stereocenters. The van der Waals surface area contributed by atoms with E-state index in [0.717, 1.165) is 29.7 Å². The number of rotatable bonds is 0. The predicted octanol–water partition coefficient (Wildman–Crippen LogP) is 3.80. The molecule has 1 amide bonds. The van der Waals surface area contributed by atoms with Crippen LogP contribution in [0.15, 0.2) is 42.5 Å². The third-order valence-corrected chi connectivity index (χ3v) is 4.33. The van der Waals surface area contributed by atoms with Crippen LogP contribution in [0.2, 0.25) is 0 Å². The number of fused-ring (bicyclic) bond motifs is 2. The topological polar surface area (TPSA) is 29.1 Å². The highest BCUT2D eigenvalue weighted by Gasteiger charge is 2.30. The summed E-state index contributed by atoms with van der Waals surface area (Å²) in [5, 5.41) is 2.97. The van der Waals surface area contributed by atoms with Crippen molar-refractivity contribution in [3.63, 3.8) is 0 Å². The van der Waals surface area contributed by atoms with Crippen LogP contribution in [-0.4, -0.2) is 5.91 Å². The molecule has 20 heavy (non-hydrogen) atoms. The van der Waals surface area contributed by atoms with Gasteiger partial charge in [0.15, 0.2) is 0 Å². The van der Waals surface area contributed by atoms with E-state index >= 15 is 0 Å². The van der Waals surface area contributed by atoms with E-state index in [1.807, 2.05) is 24.3 Å². The molecule has 2 aliphatic rings. The summed E-state index contributed by atoms with van der Waals surface area (Å²) in [7, 11) is 0. The summed E-state index contributed by atoms with van der Waals surface area (Å²) in [4.78, 5) is 12.3. The van der Waals surface area contributed by atoms with Crippen LogP contribution in [0.1, 0.15) is 28.7 Å². The summed E-state index contributed by atoms with van der Waals surface area (Å²) in [6, 6.07) is 14.3. The Labute approximate surface area is 118 Å². The van der Waals surface area contributed by atoms with Crippen molar-refractivity contribution in [2.24, 2.45) is 0 Å². The number of hydrogen-bond donors (Lipinski definition) is 1. The Balaban J connectivity index is 1.99. The number of anilines is 1. The molecule has 2 heteroatoms. The molecule has 98 valence electrons. The van der Waals surface area contributed by atoms with Crippen molar-refractivity contribution in [1.82, 2.24) is 0 Å². The van der Waals surface area contributed by atoms with Crippen LogP contribution in [0, 0.1) is 6.92 Å². The van der Waals surface area contributed by atoms with E-state index in [2.05, 4.69) is 30.4 Å². The lowest BCUT2D eigenvalue weighted by atomic mass is 9.96. The maximum Gasteiger partial charge on any atom is 0.256 e. The van der Waals surface area contributed by atoms with Crippen LogP contribution in [0.5, 0.6) is 0 Å². The van der Waals surface area contributed by atoms with Gasteiger partial charge in [0.05, 0.1) is 5.57 Å². The van der Waals surface area contributed by atoms with Gasteiger partial charge in [0.1, 0.15) is 0 Å². The monoisotopic (exact) mass is 261 g/mol. The summed E-state index contributed by atoms with van der Waals surface area (Å²) in [5.41, 5.74) is 8.02. The number of benzene rings is 2. The first-order valence-corrected chi connectivity index (χ1v) is 6.98. The van der Waals surface area contributed by atoms with E-state index in [4.69, 9.17) is 0 Å². The van der Waals surface area contributed by atoms with Gasteiger partial charge in [-0.1, -0.05) is 36.4 Å². The van der Waals surface area contributed by atoms with Crippen molar-refractivity contribution in [1.29, 1.82) is 0 Å². The van der Waals surface area contributed by atoms with Crippen molar-refractivity contribution in [3.8, 4) is 0 Å². The number of aryl methyl sites for hydroxylation is 1. The van der Waals surface area contributed by atoms with Gasteiger partial charge in [-0.05, 0) is 48.1 Å². The molecule has 0 fully saturated rings. The lowest BCUT2D eigenvalue weighted by Gasteiger charge is -2.06. The Morgan fingerprint density at radius 2 is 1.75 bits per heavy atom. The first-order valence-electron chi connectivity index (χ1n) is 6.98. The van der Waals surface area contributed by atoms with Crippen LogP contribution >= 0.6 is 0 Å². The summed E-state index contributed by atoms with van der Waals surface area (Å²) >= 11 is 0. The molecule has 0 saturated heterocycles. The summed E-state index contributed by atoms with van der Waals surface area (Å²) in [5.74, 6) is 0.0376. The van der Waals surface area contributed by atoms with Crippen LogP contribution in [0.4, 0.5) is 5.69 Å². The fourth-order valence-electron chi connectivity index (χ4n) is 3.38. The Kier molecular flexibility index (Phi) is 2.34. The van der Waals surface area contributed by atoms with Gasteiger partial charge in [0.25, 0.3) is 5.91 Å². The van der Waals surface area contributed by atoms with Gasteiger partial charge in [-0.3, -0.25) is 4.79 Å². The molecule has 1 heterocycles. The van der Waals surface area contributed by atoms with Gasteiger partial charge >= 0.3 is 0 Å². The summed E-state index contributed by atoms with van der Waals surface area (Å²) < 4.78 is 0. The van der Waals surface area contributed by atoms with Crippen LogP contribution in [0.25, 0.3) is 11.1 Å². The van der Waals surface area contributed by atoms with E-state index in [9.17, 15) is 4.79 Å². The number of amides is 1. The van der Waals surface area contributed by atoms with Crippen molar-refractivity contribution in [3.05, 3.63) is 64.7 Å². The fraction of sp³-hybridized carbons (Fsp3) is 0.167. The number of allylic oxidation sites excluding steroid dienone is 1. The lowest BCUT2D eigenvalue weighted by Crippen LogP contribution is -2.05. The largest absolute Gasteiger partial charge is 0.321 e. The van der Waals surface area contributed by atoms with Gasteiger partial charge in [0.2, 0.25) is 0 Å². The Morgan fingerprint density at radius 1 is 0.950 bits per heavy atom. The second-order valence-electron chi connectivity index (χ2n) is 5.45. The molecule has 0 unspecified atom stereocenters. The minimum atomic E-state index is 0.0376. The zero-order valence-electron chi connectivity index (χ0n) is 11.4. The maximum atomic E-state index is 12.3. The second kappa shape index (κ2) is 4.07. The second-order valence-corrected chi connectivity index (χ2v) is 5.45. The Morgan fingerprint density at radius 3 is 2.65 bits per heavy atom. The molecular formula is C18H15NO. The zero-order valence-corrected chi connectivity index (χ0v) is 11.4. The van der Waals surface area contributed by atoms with Gasteiger partial charge in [-0.15, -0.1) is 0 Å². The van der Waals surface area contributed by atoms with E-state index in [1.165, 1.54) is 22.3 Å². The van der Waals surface area contributed by atoms with Crippen molar-refractivity contribution >= 4 is 22.7 Å². The summed E-state index contributed by atoms with van der Waals surface area (Å²) in [6.45, 7) is 2.15. The lowest BCUT2D eigenvalue weighted by molar-refractivity contribution is -0.110. The van der Waals surface area contributed by atoms with Crippen molar-refractivity contribution in [2.75, 3.05) is 5.32 Å². The van der Waals surface area contributed by atoms with Gasteiger partial charge < -0.3 is 5.32 Å². The predicted molar refractivity (Wildman–Crippen MR) is 81.4 cm³/mol. The molecule has 2 aromatic rings. The van der Waals surface area contributed by atoms with E-state index < -0.39 is 0 Å². The average Bonchev–Trinajstić information content (AvgIpc) is 2.99. The molecule has 0 aromatic heterocycles. The molecule has 1 aliphatic heterocycles. The Bertz CT molecular complexity index is 771. The SMILES string of the molecule is Cc1cccc2c1CCC2=C1C(=O)Nc2ccccc21. The van der Waals surface area contributed by atoms with E-state index in [0.29, 0.717) is 0 Å². The Hall–Kier alpha value is -2.35. The zero-order chi connectivity index (χ0) is 13.7. The minimum Gasteiger partial charge on any atom is -0.321 e. The number of nitrogens with one attached hydrogen (secondary N) is 1. The van der Waals surface area contributed by atoms with Gasteiger partial charge in [-0.25, -0.2) is 0 Å². The van der Waals surface area contributed by atoms with Crippen molar-refractivity contribution < 1.29 is 4.79 Å². The number of para-hydroxylation sites is 1. The number of hydrogen-bond acceptors (Lipinski definition) is 1. The minimum absolute atomic E-state index is 0.0376. The molecule has 2 aromatic carbocycles. The molecule has 1 aliphatic carbocycles. The highest BCUT2D eigenvalue weighted by atomic mass is 16.2. The van der Waals surface area contributed by atoms with E-state index in [1.54, 1.807) is 0 Å². The first kappa shape index (κ1) is 11.5. The summed E-state index contributed by atoms with van der Waals surface area (Å²) in [6.07, 6.45) is 1.99. The van der Waals surface area contributed by atoms with Gasteiger partial charge in [-0.2, -0.15) is 0 Å². The van der Waals surface area contributed by atoms with Crippen LogP contribution in [-0.2, 0) is 11.2 Å². The fourth-order valence-corrected chi connectivity index (χ4v) is 3.38. The average molecular weight is 261 g/mol. The third kappa shape index (κ3) is 1.48. The van der Waals surface area contributed by atoms with E-state index in [-0.39, 0.29) is 5.91 Å². The molecule has 4 rings (SSSR count). The molecule has 0 spiro atoms. The van der Waals surface area contributed by atoms with Crippen LogP contribution in [0.3, 0.4) is 0 Å². The smallest absolute Gasteiger partial charge is 0.256 e. The molecule has 0 saturated carbocycles.